The van der Waals surface area contributed by atoms with Gasteiger partial charge in [-0.1, -0.05) is 32.1 Å². The molecule has 0 bridgehead atoms. The van der Waals surface area contributed by atoms with Crippen LogP contribution in [0.3, 0.4) is 0 Å². The normalized spacial score (nSPS) is 27.8. The van der Waals surface area contributed by atoms with Crippen molar-refractivity contribution in [3.8, 4) is 0 Å². The van der Waals surface area contributed by atoms with Gasteiger partial charge in [-0.15, -0.1) is 0 Å². The topological polar surface area (TPSA) is 58.4 Å². The summed E-state index contributed by atoms with van der Waals surface area (Å²) in [7, 11) is 2.23. The molecule has 2 aliphatic carbocycles. The van der Waals surface area contributed by atoms with Crippen LogP contribution in [0, 0.1) is 5.92 Å². The molecule has 2 saturated carbocycles. The molecule has 0 aliphatic heterocycles. The van der Waals surface area contributed by atoms with E-state index >= 15 is 0 Å². The predicted octanol–water partition coefficient (Wildman–Crippen LogP) is 2.27. The van der Waals surface area contributed by atoms with Gasteiger partial charge in [0.15, 0.2) is 0 Å². The average molecular weight is 295 g/mol. The summed E-state index contributed by atoms with van der Waals surface area (Å²) in [6, 6.07) is 0.838. The Bertz CT molecular complexity index is 315. The van der Waals surface area contributed by atoms with E-state index in [4.69, 9.17) is 5.73 Å². The fourth-order valence-electron chi connectivity index (χ4n) is 3.86. The molecule has 0 aromatic carbocycles. The van der Waals surface area contributed by atoms with E-state index in [-0.39, 0.29) is 17.9 Å². The molecule has 3 N–H and O–H groups in total. The van der Waals surface area contributed by atoms with E-state index in [0.717, 1.165) is 44.8 Å². The predicted molar refractivity (Wildman–Crippen MR) is 87.1 cm³/mol. The van der Waals surface area contributed by atoms with Crippen molar-refractivity contribution in [2.24, 2.45) is 11.7 Å². The molecule has 2 atom stereocenters. The van der Waals surface area contributed by atoms with E-state index in [1.54, 1.807) is 0 Å². The molecule has 4 nitrogen and oxygen atoms in total. The fourth-order valence-corrected chi connectivity index (χ4v) is 3.86. The number of hydrogen-bond donors (Lipinski definition) is 2. The lowest BCUT2D eigenvalue weighted by molar-refractivity contribution is -0.126. The Labute approximate surface area is 129 Å². The van der Waals surface area contributed by atoms with E-state index < -0.39 is 0 Å². The van der Waals surface area contributed by atoms with Crippen molar-refractivity contribution in [1.29, 1.82) is 0 Å². The number of nitrogens with zero attached hydrogens (tertiary/aromatic N) is 1. The zero-order valence-corrected chi connectivity index (χ0v) is 13.7. The van der Waals surface area contributed by atoms with Crippen LogP contribution in [0.1, 0.15) is 64.2 Å². The van der Waals surface area contributed by atoms with Gasteiger partial charge in [-0.2, -0.15) is 0 Å². The molecule has 0 saturated heterocycles. The highest BCUT2D eigenvalue weighted by Crippen LogP contribution is 2.23. The number of nitrogens with one attached hydrogen (secondary N) is 1. The quantitative estimate of drug-likeness (QED) is 0.739. The molecule has 2 aliphatic rings. The summed E-state index contributed by atoms with van der Waals surface area (Å²) >= 11 is 0. The second-order valence-electron chi connectivity index (χ2n) is 6.97. The number of nitrogens with two attached hydrogens (primary N) is 1. The van der Waals surface area contributed by atoms with Gasteiger partial charge < -0.3 is 16.0 Å². The van der Waals surface area contributed by atoms with Crippen molar-refractivity contribution < 1.29 is 4.79 Å². The van der Waals surface area contributed by atoms with E-state index in [1.807, 2.05) is 0 Å². The van der Waals surface area contributed by atoms with Crippen molar-refractivity contribution >= 4 is 5.91 Å². The molecule has 0 radical (unpaired) electrons. The van der Waals surface area contributed by atoms with Crippen molar-refractivity contribution in [2.75, 3.05) is 20.1 Å². The third-order valence-electron chi connectivity index (χ3n) is 5.34. The zero-order valence-electron chi connectivity index (χ0n) is 13.7. The van der Waals surface area contributed by atoms with Gasteiger partial charge in [0.1, 0.15) is 0 Å². The first-order chi connectivity index (χ1) is 10.2. The van der Waals surface area contributed by atoms with Crippen molar-refractivity contribution in [3.05, 3.63) is 0 Å². The standard InChI is InChI=1S/C17H33N3O/c1-20(14-8-3-2-4-9-14)13-7-12-19-17(21)15-10-5-6-11-16(15)18/h14-16H,2-13,18H2,1H3,(H,19,21). The summed E-state index contributed by atoms with van der Waals surface area (Å²) < 4.78 is 0. The highest BCUT2D eigenvalue weighted by Gasteiger charge is 2.27. The molecule has 21 heavy (non-hydrogen) atoms. The lowest BCUT2D eigenvalue weighted by Crippen LogP contribution is -2.44. The summed E-state index contributed by atoms with van der Waals surface area (Å²) in [5.41, 5.74) is 6.06. The highest BCUT2D eigenvalue weighted by molar-refractivity contribution is 5.79. The van der Waals surface area contributed by atoms with Crippen LogP contribution < -0.4 is 11.1 Å². The Hall–Kier alpha value is -0.610. The zero-order chi connectivity index (χ0) is 15.1. The van der Waals surface area contributed by atoms with Crippen LogP contribution in [0.2, 0.25) is 0 Å². The van der Waals surface area contributed by atoms with Gasteiger partial charge in [-0.25, -0.2) is 0 Å². The van der Waals surface area contributed by atoms with Crippen LogP contribution in [0.4, 0.5) is 0 Å². The van der Waals surface area contributed by atoms with Gasteiger partial charge in [-0.05, 0) is 45.7 Å². The number of carbonyl (C=O) groups is 1. The van der Waals surface area contributed by atoms with Crippen LogP contribution in [0.15, 0.2) is 0 Å². The maximum atomic E-state index is 12.2. The summed E-state index contributed by atoms with van der Waals surface area (Å²) in [6.45, 7) is 1.88. The van der Waals surface area contributed by atoms with E-state index in [1.165, 1.54) is 38.5 Å². The van der Waals surface area contributed by atoms with Gasteiger partial charge in [0, 0.05) is 18.6 Å². The van der Waals surface area contributed by atoms with Crippen LogP contribution in [0.5, 0.6) is 0 Å². The minimum atomic E-state index is 0.0508. The third-order valence-corrected chi connectivity index (χ3v) is 5.34. The third kappa shape index (κ3) is 5.26. The molecule has 2 fully saturated rings. The molecule has 122 valence electrons. The van der Waals surface area contributed by atoms with Gasteiger partial charge in [0.2, 0.25) is 5.91 Å². The smallest absolute Gasteiger partial charge is 0.224 e. The van der Waals surface area contributed by atoms with Crippen LogP contribution >= 0.6 is 0 Å². The lowest BCUT2D eigenvalue weighted by atomic mass is 9.84. The van der Waals surface area contributed by atoms with Gasteiger partial charge >= 0.3 is 0 Å². The first kappa shape index (κ1) is 16.8. The molecule has 0 aromatic rings. The largest absolute Gasteiger partial charge is 0.356 e. The molecule has 1 amide bonds. The number of amides is 1. The van der Waals surface area contributed by atoms with E-state index in [9.17, 15) is 4.79 Å². The lowest BCUT2D eigenvalue weighted by Gasteiger charge is -2.31. The van der Waals surface area contributed by atoms with Crippen LogP contribution in [0.25, 0.3) is 0 Å². The number of rotatable bonds is 6. The first-order valence-electron chi connectivity index (χ1n) is 8.92. The fraction of sp³-hybridized carbons (Fsp3) is 0.941. The molecule has 2 rings (SSSR count). The maximum absolute atomic E-state index is 12.2. The molecular formula is C17H33N3O. The Balaban J connectivity index is 1.59. The monoisotopic (exact) mass is 295 g/mol. The summed E-state index contributed by atoms with van der Waals surface area (Å²) in [4.78, 5) is 14.6. The van der Waals surface area contributed by atoms with Gasteiger partial charge in [0.25, 0.3) is 0 Å². The van der Waals surface area contributed by atoms with Gasteiger partial charge in [0.05, 0.1) is 5.92 Å². The maximum Gasteiger partial charge on any atom is 0.224 e. The molecular weight excluding hydrogens is 262 g/mol. The van der Waals surface area contributed by atoms with E-state index in [2.05, 4.69) is 17.3 Å². The van der Waals surface area contributed by atoms with E-state index in [0.29, 0.717) is 0 Å². The highest BCUT2D eigenvalue weighted by atomic mass is 16.1. The second-order valence-corrected chi connectivity index (χ2v) is 6.97. The minimum absolute atomic E-state index is 0.0508. The number of carbonyl (C=O) groups excluding carboxylic acids is 1. The van der Waals surface area contributed by atoms with Crippen molar-refractivity contribution in [2.45, 2.75) is 76.3 Å². The first-order valence-corrected chi connectivity index (χ1v) is 8.92. The summed E-state index contributed by atoms with van der Waals surface area (Å²) in [5.74, 6) is 0.234. The second kappa shape index (κ2) is 8.74. The van der Waals surface area contributed by atoms with Gasteiger partial charge in [-0.3, -0.25) is 4.79 Å². The molecule has 0 aromatic heterocycles. The average Bonchev–Trinajstić information content (AvgIpc) is 2.52. The Morgan fingerprint density at radius 3 is 2.48 bits per heavy atom. The van der Waals surface area contributed by atoms with Crippen molar-refractivity contribution in [1.82, 2.24) is 10.2 Å². The van der Waals surface area contributed by atoms with Crippen LogP contribution in [-0.2, 0) is 4.79 Å². The Morgan fingerprint density at radius 1 is 1.10 bits per heavy atom. The molecule has 0 spiro atoms. The van der Waals surface area contributed by atoms with Crippen LogP contribution in [-0.4, -0.2) is 43.0 Å². The minimum Gasteiger partial charge on any atom is -0.356 e. The molecule has 4 heteroatoms. The Morgan fingerprint density at radius 2 is 1.76 bits per heavy atom. The summed E-state index contributed by atoms with van der Waals surface area (Å²) in [5, 5.41) is 3.10. The molecule has 0 heterocycles. The number of hydrogen-bond acceptors (Lipinski definition) is 3. The Kier molecular flexibility index (Phi) is 6.97. The SMILES string of the molecule is CN(CCCNC(=O)C1CCCCC1N)C1CCCCC1. The molecule has 2 unspecified atom stereocenters. The van der Waals surface area contributed by atoms with Crippen molar-refractivity contribution in [3.63, 3.8) is 0 Å². The summed E-state index contributed by atoms with van der Waals surface area (Å²) in [6.07, 6.45) is 12.2.